The number of aryl methyl sites for hydroxylation is 3. The summed E-state index contributed by atoms with van der Waals surface area (Å²) in [5.74, 6) is 0.744. The normalized spacial score (nSPS) is 12.6. The maximum absolute atomic E-state index is 9.67. The molecule has 1 aromatic heterocycles. The molecule has 0 aliphatic carbocycles. The number of nitrogens with zero attached hydrogens (tertiary/aromatic N) is 2. The van der Waals surface area contributed by atoms with Gasteiger partial charge in [-0.1, -0.05) is 23.7 Å². The maximum Gasteiger partial charge on any atom is 0.137 e. The van der Waals surface area contributed by atoms with Crippen LogP contribution in [0, 0.1) is 6.92 Å². The Kier molecular flexibility index (Phi) is 4.61. The smallest absolute Gasteiger partial charge is 0.137 e. The van der Waals surface area contributed by atoms with Gasteiger partial charge in [0.2, 0.25) is 0 Å². The minimum absolute atomic E-state index is 0.524. The number of halogens is 1. The third-order valence-corrected chi connectivity index (χ3v) is 3.33. The van der Waals surface area contributed by atoms with E-state index in [1.807, 2.05) is 29.8 Å². The van der Waals surface area contributed by atoms with Crippen LogP contribution in [-0.2, 0) is 13.0 Å². The van der Waals surface area contributed by atoms with Gasteiger partial charge < -0.3 is 9.67 Å². The van der Waals surface area contributed by atoms with Gasteiger partial charge in [-0.25, -0.2) is 4.98 Å². The fourth-order valence-electron chi connectivity index (χ4n) is 2.18. The molecule has 0 radical (unpaired) electrons. The van der Waals surface area contributed by atoms with Gasteiger partial charge in [0.1, 0.15) is 11.9 Å². The largest absolute Gasteiger partial charge is 0.385 e. The van der Waals surface area contributed by atoms with E-state index in [2.05, 4.69) is 17.1 Å². The average Bonchev–Trinajstić information content (AvgIpc) is 2.73. The van der Waals surface area contributed by atoms with Crippen LogP contribution in [0.2, 0.25) is 5.02 Å². The highest BCUT2D eigenvalue weighted by Crippen LogP contribution is 2.14. The van der Waals surface area contributed by atoms with Gasteiger partial charge in [-0.3, -0.25) is 0 Å². The molecule has 102 valence electrons. The van der Waals surface area contributed by atoms with Crippen molar-refractivity contribution in [2.24, 2.45) is 0 Å². The van der Waals surface area contributed by atoms with E-state index in [0.29, 0.717) is 0 Å². The van der Waals surface area contributed by atoms with Crippen LogP contribution >= 0.6 is 11.6 Å². The van der Waals surface area contributed by atoms with Crippen LogP contribution in [0.3, 0.4) is 0 Å². The number of hydrogen-bond acceptors (Lipinski definition) is 2. The van der Waals surface area contributed by atoms with E-state index in [4.69, 9.17) is 11.6 Å². The first-order valence-electron chi connectivity index (χ1n) is 6.52. The Bertz CT molecular complexity index is 532. The van der Waals surface area contributed by atoms with Crippen LogP contribution in [0.1, 0.15) is 36.5 Å². The molecule has 1 aromatic carbocycles. The van der Waals surface area contributed by atoms with Gasteiger partial charge in [-0.15, -0.1) is 0 Å². The molecule has 2 aromatic rings. The van der Waals surface area contributed by atoms with Gasteiger partial charge in [0.15, 0.2) is 0 Å². The van der Waals surface area contributed by atoms with Crippen molar-refractivity contribution in [3.8, 4) is 0 Å². The number of rotatable bonds is 5. The first-order chi connectivity index (χ1) is 9.06. The Hall–Kier alpha value is -1.32. The Labute approximate surface area is 118 Å². The molecule has 0 amide bonds. The molecular weight excluding hydrogens is 260 g/mol. The van der Waals surface area contributed by atoms with Gasteiger partial charge in [-0.2, -0.15) is 0 Å². The van der Waals surface area contributed by atoms with Crippen LogP contribution in [0.5, 0.6) is 0 Å². The zero-order valence-electron chi connectivity index (χ0n) is 11.3. The first-order valence-corrected chi connectivity index (χ1v) is 6.90. The molecule has 4 heteroatoms. The van der Waals surface area contributed by atoms with E-state index in [-0.39, 0.29) is 0 Å². The highest BCUT2D eigenvalue weighted by Gasteiger charge is 2.10. The lowest BCUT2D eigenvalue weighted by atomic mass is 10.1. The molecule has 1 unspecified atom stereocenters. The van der Waals surface area contributed by atoms with Crippen LogP contribution in [0.25, 0.3) is 0 Å². The number of benzene rings is 1. The van der Waals surface area contributed by atoms with E-state index in [1.54, 1.807) is 6.92 Å². The quantitative estimate of drug-likeness (QED) is 0.909. The highest BCUT2D eigenvalue weighted by molar-refractivity contribution is 6.30. The SMILES string of the molecule is Cc1cn(CCCc2ccc(Cl)cc2)c(C(C)O)n1. The number of imidazole rings is 1. The molecule has 0 aliphatic heterocycles. The highest BCUT2D eigenvalue weighted by atomic mass is 35.5. The van der Waals surface area contributed by atoms with Crippen LogP contribution in [0.4, 0.5) is 0 Å². The van der Waals surface area contributed by atoms with E-state index < -0.39 is 6.10 Å². The average molecular weight is 279 g/mol. The Morgan fingerprint density at radius 1 is 1.32 bits per heavy atom. The van der Waals surface area contributed by atoms with Crippen LogP contribution < -0.4 is 0 Å². The predicted molar refractivity (Wildman–Crippen MR) is 77.4 cm³/mol. The third kappa shape index (κ3) is 3.82. The number of hydrogen-bond donors (Lipinski definition) is 1. The van der Waals surface area contributed by atoms with Crippen molar-refractivity contribution in [3.63, 3.8) is 0 Å². The van der Waals surface area contributed by atoms with Gasteiger partial charge in [0, 0.05) is 17.8 Å². The van der Waals surface area contributed by atoms with Crippen molar-refractivity contribution in [2.75, 3.05) is 0 Å². The van der Waals surface area contributed by atoms with Crippen molar-refractivity contribution in [1.82, 2.24) is 9.55 Å². The zero-order chi connectivity index (χ0) is 13.8. The molecule has 0 bridgehead atoms. The molecule has 2 rings (SSSR count). The second-order valence-corrected chi connectivity index (χ2v) is 5.28. The molecular formula is C15H19ClN2O. The summed E-state index contributed by atoms with van der Waals surface area (Å²) in [5.41, 5.74) is 2.22. The second kappa shape index (κ2) is 6.22. The van der Waals surface area contributed by atoms with Gasteiger partial charge >= 0.3 is 0 Å². The molecule has 0 saturated heterocycles. The molecule has 0 saturated carbocycles. The topological polar surface area (TPSA) is 38.0 Å². The van der Waals surface area contributed by atoms with E-state index >= 15 is 0 Å². The van der Waals surface area contributed by atoms with Crippen molar-refractivity contribution in [3.05, 3.63) is 52.6 Å². The number of aromatic nitrogens is 2. The summed E-state index contributed by atoms with van der Waals surface area (Å²) in [6.45, 7) is 4.56. The first kappa shape index (κ1) is 14.1. The summed E-state index contributed by atoms with van der Waals surface area (Å²) >= 11 is 5.86. The Balaban J connectivity index is 1.94. The lowest BCUT2D eigenvalue weighted by molar-refractivity contribution is 0.183. The molecule has 3 nitrogen and oxygen atoms in total. The van der Waals surface area contributed by atoms with E-state index in [9.17, 15) is 5.11 Å². The lowest BCUT2D eigenvalue weighted by Crippen LogP contribution is -2.07. The molecule has 0 fully saturated rings. The summed E-state index contributed by atoms with van der Waals surface area (Å²) in [4.78, 5) is 4.34. The third-order valence-electron chi connectivity index (χ3n) is 3.08. The molecule has 1 atom stereocenters. The lowest BCUT2D eigenvalue weighted by Gasteiger charge is -2.09. The van der Waals surface area contributed by atoms with E-state index in [0.717, 1.165) is 35.9 Å². The predicted octanol–water partition coefficient (Wildman–Crippen LogP) is 3.53. The van der Waals surface area contributed by atoms with Crippen LogP contribution in [-0.4, -0.2) is 14.7 Å². The molecule has 1 heterocycles. The van der Waals surface area contributed by atoms with Crippen molar-refractivity contribution >= 4 is 11.6 Å². The van der Waals surface area contributed by atoms with Crippen LogP contribution in [0.15, 0.2) is 30.5 Å². The standard InChI is InChI=1S/C15H19ClN2O/c1-11-10-18(15(17-11)12(2)19)9-3-4-13-5-7-14(16)8-6-13/h5-8,10,12,19H,3-4,9H2,1-2H3. The second-order valence-electron chi connectivity index (χ2n) is 4.84. The fraction of sp³-hybridized carbons (Fsp3) is 0.400. The van der Waals surface area contributed by atoms with Gasteiger partial charge in [-0.05, 0) is 44.4 Å². The molecule has 0 aliphatic rings. The molecule has 19 heavy (non-hydrogen) atoms. The molecule has 0 spiro atoms. The van der Waals surface area contributed by atoms with Crippen molar-refractivity contribution in [1.29, 1.82) is 0 Å². The summed E-state index contributed by atoms with van der Waals surface area (Å²) in [7, 11) is 0. The Morgan fingerprint density at radius 3 is 2.63 bits per heavy atom. The minimum atomic E-state index is -0.524. The van der Waals surface area contributed by atoms with Crippen molar-refractivity contribution < 1.29 is 5.11 Å². The number of aliphatic hydroxyl groups is 1. The van der Waals surface area contributed by atoms with Gasteiger partial charge in [0.25, 0.3) is 0 Å². The Morgan fingerprint density at radius 2 is 2.00 bits per heavy atom. The summed E-state index contributed by atoms with van der Waals surface area (Å²) in [5, 5.41) is 10.4. The van der Waals surface area contributed by atoms with Gasteiger partial charge in [0.05, 0.1) is 5.69 Å². The summed E-state index contributed by atoms with van der Waals surface area (Å²) < 4.78 is 2.04. The molecule has 1 N–H and O–H groups in total. The minimum Gasteiger partial charge on any atom is -0.385 e. The number of aliphatic hydroxyl groups excluding tert-OH is 1. The summed E-state index contributed by atoms with van der Waals surface area (Å²) in [6.07, 6.45) is 3.47. The van der Waals surface area contributed by atoms with Crippen molar-refractivity contribution in [2.45, 2.75) is 39.3 Å². The fourth-order valence-corrected chi connectivity index (χ4v) is 2.31. The monoisotopic (exact) mass is 278 g/mol. The van der Waals surface area contributed by atoms with E-state index in [1.165, 1.54) is 5.56 Å². The zero-order valence-corrected chi connectivity index (χ0v) is 12.1. The summed E-state index contributed by atoms with van der Waals surface area (Å²) in [6, 6.07) is 7.94. The maximum atomic E-state index is 9.67.